The van der Waals surface area contributed by atoms with Crippen molar-refractivity contribution in [2.75, 3.05) is 19.7 Å². The van der Waals surface area contributed by atoms with E-state index in [2.05, 4.69) is 11.8 Å². The van der Waals surface area contributed by atoms with Gasteiger partial charge in [-0.25, -0.2) is 4.79 Å². The zero-order valence-electron chi connectivity index (χ0n) is 10.8. The van der Waals surface area contributed by atoms with Gasteiger partial charge in [0.15, 0.2) is 0 Å². The van der Waals surface area contributed by atoms with Crippen molar-refractivity contribution in [2.24, 2.45) is 0 Å². The largest absolute Gasteiger partial charge is 0.478 e. The predicted molar refractivity (Wildman–Crippen MR) is 70.7 cm³/mol. The van der Waals surface area contributed by atoms with Crippen LogP contribution in [0.4, 0.5) is 0 Å². The monoisotopic (exact) mass is 251 g/mol. The fourth-order valence-electron chi connectivity index (χ4n) is 1.80. The van der Waals surface area contributed by atoms with Gasteiger partial charge >= 0.3 is 5.97 Å². The maximum atomic E-state index is 10.7. The molecule has 0 unspecified atom stereocenters. The van der Waals surface area contributed by atoms with E-state index < -0.39 is 5.97 Å². The Labute approximate surface area is 108 Å². The van der Waals surface area contributed by atoms with Crippen molar-refractivity contribution in [1.82, 2.24) is 4.90 Å². The molecule has 0 aliphatic rings. The first-order valence-corrected chi connectivity index (χ1v) is 6.32. The highest BCUT2D eigenvalue weighted by Crippen LogP contribution is 2.08. The highest BCUT2D eigenvalue weighted by molar-refractivity contribution is 5.87. The molecule has 0 spiro atoms. The zero-order valence-corrected chi connectivity index (χ0v) is 10.8. The molecule has 0 fully saturated rings. The topological polar surface area (TPSA) is 60.8 Å². The molecule has 0 aromatic heterocycles. The molecule has 1 rings (SSSR count). The van der Waals surface area contributed by atoms with Crippen molar-refractivity contribution >= 4 is 5.97 Å². The van der Waals surface area contributed by atoms with E-state index in [0.717, 1.165) is 31.5 Å². The molecule has 18 heavy (non-hydrogen) atoms. The van der Waals surface area contributed by atoms with Gasteiger partial charge in [-0.05, 0) is 30.7 Å². The summed E-state index contributed by atoms with van der Waals surface area (Å²) in [6.45, 7) is 4.65. The van der Waals surface area contributed by atoms with E-state index in [1.54, 1.807) is 12.1 Å². The van der Waals surface area contributed by atoms with E-state index in [0.29, 0.717) is 12.1 Å². The number of aliphatic hydroxyl groups excluding tert-OH is 1. The number of hydrogen-bond acceptors (Lipinski definition) is 3. The Balaban J connectivity index is 2.59. The van der Waals surface area contributed by atoms with Gasteiger partial charge in [-0.2, -0.15) is 0 Å². The summed E-state index contributed by atoms with van der Waals surface area (Å²) in [6, 6.07) is 6.91. The summed E-state index contributed by atoms with van der Waals surface area (Å²) < 4.78 is 0. The van der Waals surface area contributed by atoms with Crippen molar-refractivity contribution < 1.29 is 15.0 Å². The number of carboxylic acid groups (broad SMARTS) is 1. The number of nitrogens with zero attached hydrogens (tertiary/aromatic N) is 1. The third-order valence-corrected chi connectivity index (χ3v) is 2.85. The molecule has 0 aliphatic heterocycles. The number of carboxylic acids is 1. The van der Waals surface area contributed by atoms with Crippen LogP contribution in [-0.2, 0) is 6.54 Å². The van der Waals surface area contributed by atoms with Crippen LogP contribution in [0.1, 0.15) is 35.7 Å². The number of carbonyl (C=O) groups is 1. The molecule has 0 amide bonds. The van der Waals surface area contributed by atoms with Crippen molar-refractivity contribution in [2.45, 2.75) is 26.3 Å². The smallest absolute Gasteiger partial charge is 0.335 e. The van der Waals surface area contributed by atoms with Gasteiger partial charge < -0.3 is 10.2 Å². The van der Waals surface area contributed by atoms with Gasteiger partial charge in [0.2, 0.25) is 0 Å². The SMILES string of the molecule is CCCCN(CCO)Cc1ccc(C(=O)O)cc1. The quantitative estimate of drug-likeness (QED) is 0.741. The lowest BCUT2D eigenvalue weighted by Crippen LogP contribution is -2.27. The molecule has 0 bridgehead atoms. The zero-order chi connectivity index (χ0) is 13.4. The maximum Gasteiger partial charge on any atom is 0.335 e. The van der Waals surface area contributed by atoms with Gasteiger partial charge in [0, 0.05) is 13.1 Å². The summed E-state index contributed by atoms with van der Waals surface area (Å²) in [5, 5.41) is 17.8. The standard InChI is InChI=1S/C14H21NO3/c1-2-3-8-15(9-10-16)11-12-4-6-13(7-5-12)14(17)18/h4-7,16H,2-3,8-11H2,1H3,(H,17,18). The number of aromatic carboxylic acids is 1. The van der Waals surface area contributed by atoms with Gasteiger partial charge in [0.1, 0.15) is 0 Å². The van der Waals surface area contributed by atoms with Crippen LogP contribution in [0.25, 0.3) is 0 Å². The predicted octanol–water partition coefficient (Wildman–Crippen LogP) is 1.98. The van der Waals surface area contributed by atoms with Crippen LogP contribution in [0.5, 0.6) is 0 Å². The first-order chi connectivity index (χ1) is 8.67. The first kappa shape index (κ1) is 14.7. The summed E-state index contributed by atoms with van der Waals surface area (Å²) in [5.74, 6) is -0.903. The summed E-state index contributed by atoms with van der Waals surface area (Å²) >= 11 is 0. The third kappa shape index (κ3) is 4.85. The minimum absolute atomic E-state index is 0.150. The molecule has 0 radical (unpaired) electrons. The molecule has 1 aromatic rings. The third-order valence-electron chi connectivity index (χ3n) is 2.85. The van der Waals surface area contributed by atoms with Crippen molar-refractivity contribution in [1.29, 1.82) is 0 Å². The molecule has 0 saturated carbocycles. The molecule has 0 heterocycles. The second-order valence-corrected chi connectivity index (χ2v) is 4.36. The molecule has 4 heteroatoms. The average molecular weight is 251 g/mol. The minimum atomic E-state index is -0.903. The Bertz CT molecular complexity index is 362. The highest BCUT2D eigenvalue weighted by Gasteiger charge is 2.06. The number of hydrogen-bond donors (Lipinski definition) is 2. The Morgan fingerprint density at radius 2 is 1.89 bits per heavy atom. The number of unbranched alkanes of at least 4 members (excludes halogenated alkanes) is 1. The first-order valence-electron chi connectivity index (χ1n) is 6.32. The van der Waals surface area contributed by atoms with E-state index in [-0.39, 0.29) is 6.61 Å². The number of benzene rings is 1. The number of rotatable bonds is 8. The van der Waals surface area contributed by atoms with Crippen LogP contribution >= 0.6 is 0 Å². The maximum absolute atomic E-state index is 10.7. The van der Waals surface area contributed by atoms with E-state index in [9.17, 15) is 4.79 Å². The van der Waals surface area contributed by atoms with Crippen LogP contribution in [0.3, 0.4) is 0 Å². The molecule has 2 N–H and O–H groups in total. The average Bonchev–Trinajstić information content (AvgIpc) is 2.37. The van der Waals surface area contributed by atoms with Crippen molar-refractivity contribution in [3.63, 3.8) is 0 Å². The Morgan fingerprint density at radius 3 is 2.39 bits per heavy atom. The van der Waals surface area contributed by atoms with Crippen LogP contribution in [0.15, 0.2) is 24.3 Å². The van der Waals surface area contributed by atoms with Gasteiger partial charge in [-0.1, -0.05) is 25.5 Å². The Hall–Kier alpha value is -1.39. The van der Waals surface area contributed by atoms with E-state index in [1.165, 1.54) is 0 Å². The lowest BCUT2D eigenvalue weighted by molar-refractivity contribution is 0.0697. The fraction of sp³-hybridized carbons (Fsp3) is 0.500. The summed E-state index contributed by atoms with van der Waals surface area (Å²) in [7, 11) is 0. The molecular weight excluding hydrogens is 230 g/mol. The van der Waals surface area contributed by atoms with E-state index in [4.69, 9.17) is 10.2 Å². The van der Waals surface area contributed by atoms with Gasteiger partial charge in [-0.15, -0.1) is 0 Å². The summed E-state index contributed by atoms with van der Waals surface area (Å²) in [5.41, 5.74) is 1.38. The van der Waals surface area contributed by atoms with Crippen LogP contribution in [-0.4, -0.2) is 40.8 Å². The lowest BCUT2D eigenvalue weighted by Gasteiger charge is -2.21. The molecule has 4 nitrogen and oxygen atoms in total. The second kappa shape index (κ2) is 7.84. The molecule has 100 valence electrons. The van der Waals surface area contributed by atoms with Crippen LogP contribution < -0.4 is 0 Å². The highest BCUT2D eigenvalue weighted by atomic mass is 16.4. The van der Waals surface area contributed by atoms with Crippen LogP contribution in [0, 0.1) is 0 Å². The van der Waals surface area contributed by atoms with E-state index >= 15 is 0 Å². The normalized spacial score (nSPS) is 10.8. The van der Waals surface area contributed by atoms with Gasteiger partial charge in [-0.3, -0.25) is 4.90 Å². The molecule has 0 aliphatic carbocycles. The second-order valence-electron chi connectivity index (χ2n) is 4.36. The summed E-state index contributed by atoms with van der Waals surface area (Å²) in [4.78, 5) is 12.9. The molecule has 0 atom stereocenters. The van der Waals surface area contributed by atoms with Gasteiger partial charge in [0.25, 0.3) is 0 Å². The lowest BCUT2D eigenvalue weighted by atomic mass is 10.1. The Morgan fingerprint density at radius 1 is 1.22 bits per heavy atom. The molecule has 1 aromatic carbocycles. The molecular formula is C14H21NO3. The van der Waals surface area contributed by atoms with E-state index in [1.807, 2.05) is 12.1 Å². The van der Waals surface area contributed by atoms with Crippen molar-refractivity contribution in [3.8, 4) is 0 Å². The molecule has 0 saturated heterocycles. The van der Waals surface area contributed by atoms with Gasteiger partial charge in [0.05, 0.1) is 12.2 Å². The Kier molecular flexibility index (Phi) is 6.39. The van der Waals surface area contributed by atoms with Crippen LogP contribution in [0.2, 0.25) is 0 Å². The van der Waals surface area contributed by atoms with Crippen molar-refractivity contribution in [3.05, 3.63) is 35.4 Å². The number of aliphatic hydroxyl groups is 1. The summed E-state index contributed by atoms with van der Waals surface area (Å²) in [6.07, 6.45) is 2.23. The fourth-order valence-corrected chi connectivity index (χ4v) is 1.80. The minimum Gasteiger partial charge on any atom is -0.478 e.